The van der Waals surface area contributed by atoms with E-state index in [1.807, 2.05) is 11.8 Å². The molecule has 0 bridgehead atoms. The highest BCUT2D eigenvalue weighted by atomic mass is 35.5. The summed E-state index contributed by atoms with van der Waals surface area (Å²) in [7, 11) is 0. The molecule has 0 aliphatic carbocycles. The zero-order valence-corrected chi connectivity index (χ0v) is 11.2. The summed E-state index contributed by atoms with van der Waals surface area (Å²) in [6, 6.07) is 0.548. The van der Waals surface area contributed by atoms with Gasteiger partial charge in [0.2, 0.25) is 0 Å². The molecule has 2 aliphatic rings. The molecule has 0 aromatic rings. The molecule has 0 radical (unpaired) electrons. The predicted molar refractivity (Wildman–Crippen MR) is 71.3 cm³/mol. The Morgan fingerprint density at radius 1 is 1.50 bits per heavy atom. The van der Waals surface area contributed by atoms with E-state index in [2.05, 4.69) is 11.9 Å². The lowest BCUT2D eigenvalue weighted by Gasteiger charge is -2.43. The first kappa shape index (κ1) is 12.7. The van der Waals surface area contributed by atoms with Gasteiger partial charge in [0.15, 0.2) is 0 Å². The van der Waals surface area contributed by atoms with Crippen molar-refractivity contribution in [1.82, 2.24) is 5.32 Å². The molecule has 2 nitrogen and oxygen atoms in total. The minimum Gasteiger partial charge on any atom is -0.375 e. The van der Waals surface area contributed by atoms with Crippen molar-refractivity contribution in [3.63, 3.8) is 0 Å². The number of rotatable bonds is 3. The predicted octanol–water partition coefficient (Wildman–Crippen LogP) is 2.77. The largest absolute Gasteiger partial charge is 0.375 e. The molecule has 2 heterocycles. The lowest BCUT2D eigenvalue weighted by atomic mass is 9.85. The third kappa shape index (κ3) is 3.39. The molecule has 2 saturated heterocycles. The lowest BCUT2D eigenvalue weighted by molar-refractivity contribution is -0.0927. The Bertz CT molecular complexity index is 248. The fraction of sp³-hybridized carbons (Fsp3) is 0.833. The minimum atomic E-state index is 0.162. The van der Waals surface area contributed by atoms with Crippen LogP contribution in [-0.2, 0) is 4.74 Å². The van der Waals surface area contributed by atoms with Crippen LogP contribution in [-0.4, -0.2) is 36.3 Å². The number of hydrogen-bond acceptors (Lipinski definition) is 3. The van der Waals surface area contributed by atoms with Crippen molar-refractivity contribution in [3.8, 4) is 0 Å². The van der Waals surface area contributed by atoms with Gasteiger partial charge in [0.05, 0.1) is 5.60 Å². The molecule has 0 amide bonds. The van der Waals surface area contributed by atoms with Crippen molar-refractivity contribution in [2.24, 2.45) is 0 Å². The Morgan fingerprint density at radius 2 is 2.25 bits per heavy atom. The Hall–Kier alpha value is 0.300. The molecule has 0 saturated carbocycles. The van der Waals surface area contributed by atoms with Crippen molar-refractivity contribution in [3.05, 3.63) is 11.6 Å². The summed E-state index contributed by atoms with van der Waals surface area (Å²) < 4.78 is 6.03. The zero-order chi connectivity index (χ0) is 11.4. The van der Waals surface area contributed by atoms with Crippen LogP contribution in [0.1, 0.15) is 25.7 Å². The van der Waals surface area contributed by atoms with Gasteiger partial charge in [0.25, 0.3) is 0 Å². The minimum absolute atomic E-state index is 0.162. The zero-order valence-electron chi connectivity index (χ0n) is 9.64. The van der Waals surface area contributed by atoms with Crippen LogP contribution in [0.4, 0.5) is 0 Å². The van der Waals surface area contributed by atoms with Gasteiger partial charge in [-0.25, -0.2) is 0 Å². The van der Waals surface area contributed by atoms with E-state index in [1.54, 1.807) is 0 Å². The molecule has 2 aliphatic heterocycles. The van der Waals surface area contributed by atoms with Gasteiger partial charge in [-0.1, -0.05) is 18.2 Å². The van der Waals surface area contributed by atoms with Crippen LogP contribution in [0, 0.1) is 0 Å². The second-order valence-electron chi connectivity index (χ2n) is 4.73. The second-order valence-corrected chi connectivity index (χ2v) is 6.49. The SMILES string of the molecule is C=C(Cl)CNC1CCOC2(CCSCC2)C1. The van der Waals surface area contributed by atoms with E-state index in [0.29, 0.717) is 11.1 Å². The normalized spacial score (nSPS) is 29.2. The van der Waals surface area contributed by atoms with Gasteiger partial charge in [0, 0.05) is 24.2 Å². The quantitative estimate of drug-likeness (QED) is 0.844. The Balaban J connectivity index is 1.85. The molecule has 1 unspecified atom stereocenters. The summed E-state index contributed by atoms with van der Waals surface area (Å²) in [4.78, 5) is 0. The summed E-state index contributed by atoms with van der Waals surface area (Å²) in [5.41, 5.74) is 0.162. The van der Waals surface area contributed by atoms with Gasteiger partial charge in [0.1, 0.15) is 0 Å². The average Bonchev–Trinajstić information content (AvgIpc) is 2.28. The van der Waals surface area contributed by atoms with Crippen LogP contribution < -0.4 is 5.32 Å². The lowest BCUT2D eigenvalue weighted by Crippen LogP contribution is -2.49. The Kier molecular flexibility index (Phi) is 4.59. The highest BCUT2D eigenvalue weighted by Gasteiger charge is 2.38. The fourth-order valence-corrected chi connectivity index (χ4v) is 3.86. The van der Waals surface area contributed by atoms with Crippen molar-refractivity contribution in [1.29, 1.82) is 0 Å². The molecule has 92 valence electrons. The van der Waals surface area contributed by atoms with Crippen molar-refractivity contribution in [2.75, 3.05) is 24.7 Å². The molecule has 0 aromatic heterocycles. The van der Waals surface area contributed by atoms with Gasteiger partial charge in [-0.15, -0.1) is 0 Å². The molecule has 16 heavy (non-hydrogen) atoms. The first-order chi connectivity index (χ1) is 7.70. The molecule has 1 atom stereocenters. The number of hydrogen-bond donors (Lipinski definition) is 1. The van der Waals surface area contributed by atoms with Gasteiger partial charge in [-0.05, 0) is 37.2 Å². The third-order valence-corrected chi connectivity index (χ3v) is 4.60. The number of nitrogens with one attached hydrogen (secondary N) is 1. The Morgan fingerprint density at radius 3 is 2.94 bits per heavy atom. The maximum atomic E-state index is 6.03. The van der Waals surface area contributed by atoms with Crippen LogP contribution in [0.2, 0.25) is 0 Å². The summed E-state index contributed by atoms with van der Waals surface area (Å²) in [5, 5.41) is 4.17. The van der Waals surface area contributed by atoms with Crippen LogP contribution in [0.15, 0.2) is 11.6 Å². The first-order valence-corrected chi connectivity index (χ1v) is 7.52. The van der Waals surface area contributed by atoms with E-state index in [0.717, 1.165) is 26.0 Å². The summed E-state index contributed by atoms with van der Waals surface area (Å²) in [5.74, 6) is 2.49. The number of thioether (sulfide) groups is 1. The van der Waals surface area contributed by atoms with Gasteiger partial charge < -0.3 is 10.1 Å². The molecule has 2 rings (SSSR count). The van der Waals surface area contributed by atoms with Crippen molar-refractivity contribution in [2.45, 2.75) is 37.3 Å². The van der Waals surface area contributed by atoms with E-state index in [4.69, 9.17) is 16.3 Å². The first-order valence-electron chi connectivity index (χ1n) is 5.99. The monoisotopic (exact) mass is 261 g/mol. The van der Waals surface area contributed by atoms with Gasteiger partial charge >= 0.3 is 0 Å². The maximum Gasteiger partial charge on any atom is 0.0713 e. The van der Waals surface area contributed by atoms with Crippen LogP contribution in [0.3, 0.4) is 0 Å². The number of ether oxygens (including phenoxy) is 1. The van der Waals surface area contributed by atoms with E-state index < -0.39 is 0 Å². The van der Waals surface area contributed by atoms with Gasteiger partial charge in [-0.2, -0.15) is 11.8 Å². The summed E-state index contributed by atoms with van der Waals surface area (Å²) in [6.45, 7) is 5.32. The molecule has 0 aromatic carbocycles. The molecule has 1 N–H and O–H groups in total. The highest BCUT2D eigenvalue weighted by molar-refractivity contribution is 7.99. The number of halogens is 1. The van der Waals surface area contributed by atoms with E-state index in [9.17, 15) is 0 Å². The topological polar surface area (TPSA) is 21.3 Å². The highest BCUT2D eigenvalue weighted by Crippen LogP contribution is 2.37. The third-order valence-electron chi connectivity index (χ3n) is 3.48. The van der Waals surface area contributed by atoms with Crippen LogP contribution >= 0.6 is 23.4 Å². The Labute approximate surface area is 107 Å². The average molecular weight is 262 g/mol. The molecular weight excluding hydrogens is 242 g/mol. The molecule has 2 fully saturated rings. The summed E-state index contributed by atoms with van der Waals surface area (Å²) >= 11 is 7.83. The van der Waals surface area contributed by atoms with Crippen molar-refractivity contribution >= 4 is 23.4 Å². The van der Waals surface area contributed by atoms with Crippen LogP contribution in [0.5, 0.6) is 0 Å². The maximum absolute atomic E-state index is 6.03. The molecule has 1 spiro atoms. The smallest absolute Gasteiger partial charge is 0.0713 e. The summed E-state index contributed by atoms with van der Waals surface area (Å²) in [6.07, 6.45) is 4.64. The van der Waals surface area contributed by atoms with E-state index >= 15 is 0 Å². The molecular formula is C12H20ClNOS. The van der Waals surface area contributed by atoms with E-state index in [1.165, 1.54) is 24.3 Å². The molecule has 4 heteroatoms. The van der Waals surface area contributed by atoms with Crippen LogP contribution in [0.25, 0.3) is 0 Å². The second kappa shape index (κ2) is 5.76. The van der Waals surface area contributed by atoms with E-state index in [-0.39, 0.29) is 5.60 Å². The fourth-order valence-electron chi connectivity index (χ4n) is 2.55. The van der Waals surface area contributed by atoms with Gasteiger partial charge in [-0.3, -0.25) is 0 Å². The standard InChI is InChI=1S/C12H20ClNOS/c1-10(13)9-14-11-2-5-15-12(8-11)3-6-16-7-4-12/h11,14H,1-9H2. The van der Waals surface area contributed by atoms with Crippen molar-refractivity contribution < 1.29 is 4.74 Å².